The fourth-order valence-electron chi connectivity index (χ4n) is 2.63. The van der Waals surface area contributed by atoms with E-state index >= 15 is 0 Å². The zero-order valence-electron chi connectivity index (χ0n) is 13.5. The first-order valence-electron chi connectivity index (χ1n) is 7.86. The van der Waals surface area contributed by atoms with Gasteiger partial charge < -0.3 is 5.32 Å². The Labute approximate surface area is 138 Å². The third-order valence-electron chi connectivity index (χ3n) is 3.71. The van der Waals surface area contributed by atoms with E-state index in [1.807, 2.05) is 30.3 Å². The van der Waals surface area contributed by atoms with Gasteiger partial charge in [0.2, 0.25) is 5.82 Å². The smallest absolute Gasteiger partial charge is 0.299 e. The Hall–Kier alpha value is -2.57. The Morgan fingerprint density at radius 3 is 2.46 bits per heavy atom. The van der Waals surface area contributed by atoms with Crippen LogP contribution in [0.15, 0.2) is 42.5 Å². The molecule has 24 heavy (non-hydrogen) atoms. The summed E-state index contributed by atoms with van der Waals surface area (Å²) in [7, 11) is 0. The van der Waals surface area contributed by atoms with E-state index < -0.39 is 12.2 Å². The highest BCUT2D eigenvalue weighted by Crippen LogP contribution is 2.25. The molecule has 3 rings (SSSR count). The molecule has 0 fully saturated rings. The van der Waals surface area contributed by atoms with Crippen molar-refractivity contribution in [2.24, 2.45) is 5.92 Å². The molecule has 3 aromatic rings. The molecule has 126 valence electrons. The molecule has 1 aromatic carbocycles. The van der Waals surface area contributed by atoms with Gasteiger partial charge in [0.25, 0.3) is 6.43 Å². The van der Waals surface area contributed by atoms with Crippen molar-refractivity contribution < 1.29 is 8.78 Å². The van der Waals surface area contributed by atoms with E-state index in [-0.39, 0.29) is 6.04 Å². The summed E-state index contributed by atoms with van der Waals surface area (Å²) in [4.78, 5) is 0. The summed E-state index contributed by atoms with van der Waals surface area (Å²) in [6, 6.07) is 13.4. The van der Waals surface area contributed by atoms with Crippen LogP contribution < -0.4 is 5.32 Å². The van der Waals surface area contributed by atoms with Gasteiger partial charge in [-0.2, -0.15) is 4.52 Å². The SMILES string of the molecule is CC(C)CC(Nc1ccc2nnc(C(F)F)n2n1)c1ccccc1. The minimum atomic E-state index is -2.72. The average Bonchev–Trinajstić information content (AvgIpc) is 2.98. The Kier molecular flexibility index (Phi) is 4.69. The molecular formula is C17H19F2N5. The highest BCUT2D eigenvalue weighted by Gasteiger charge is 2.18. The summed E-state index contributed by atoms with van der Waals surface area (Å²) in [5.74, 6) is 0.533. The second-order valence-corrected chi connectivity index (χ2v) is 6.08. The van der Waals surface area contributed by atoms with Gasteiger partial charge in [-0.1, -0.05) is 44.2 Å². The van der Waals surface area contributed by atoms with E-state index in [2.05, 4.69) is 34.5 Å². The zero-order chi connectivity index (χ0) is 17.1. The van der Waals surface area contributed by atoms with Crippen LogP contribution in [0.1, 0.15) is 44.1 Å². The third-order valence-corrected chi connectivity index (χ3v) is 3.71. The summed E-state index contributed by atoms with van der Waals surface area (Å²) in [5.41, 5.74) is 1.43. The maximum absolute atomic E-state index is 13.0. The third kappa shape index (κ3) is 3.50. The Bertz CT molecular complexity index is 801. The lowest BCUT2D eigenvalue weighted by Gasteiger charge is -2.21. The predicted octanol–water partition coefficient (Wildman–Crippen LogP) is 4.26. The van der Waals surface area contributed by atoms with Crippen molar-refractivity contribution in [3.05, 3.63) is 53.9 Å². The molecule has 0 radical (unpaired) electrons. The minimum absolute atomic E-state index is 0.0441. The van der Waals surface area contributed by atoms with E-state index in [0.717, 1.165) is 16.5 Å². The first-order chi connectivity index (χ1) is 11.5. The van der Waals surface area contributed by atoms with Crippen molar-refractivity contribution in [1.29, 1.82) is 0 Å². The fourth-order valence-corrected chi connectivity index (χ4v) is 2.63. The van der Waals surface area contributed by atoms with Gasteiger partial charge in [0.15, 0.2) is 5.65 Å². The molecule has 0 saturated carbocycles. The van der Waals surface area contributed by atoms with E-state index in [4.69, 9.17) is 0 Å². The Balaban J connectivity index is 1.91. The quantitative estimate of drug-likeness (QED) is 0.733. The standard InChI is InChI=1S/C17H19F2N5/c1-11(2)10-13(12-6-4-3-5-7-12)20-14-8-9-15-21-22-17(16(18)19)24(15)23-14/h3-9,11,13,16H,10H2,1-2H3,(H,20,23). The van der Waals surface area contributed by atoms with Crippen LogP contribution in [0.2, 0.25) is 0 Å². The molecule has 5 nitrogen and oxygen atoms in total. The van der Waals surface area contributed by atoms with Gasteiger partial charge in [-0.25, -0.2) is 8.78 Å². The van der Waals surface area contributed by atoms with E-state index in [1.54, 1.807) is 12.1 Å². The number of hydrogen-bond donors (Lipinski definition) is 1. The highest BCUT2D eigenvalue weighted by atomic mass is 19.3. The first-order valence-corrected chi connectivity index (χ1v) is 7.86. The van der Waals surface area contributed by atoms with E-state index in [1.165, 1.54) is 0 Å². The second-order valence-electron chi connectivity index (χ2n) is 6.08. The molecule has 1 atom stereocenters. The summed E-state index contributed by atoms with van der Waals surface area (Å²) in [6.45, 7) is 4.28. The molecule has 0 aliphatic heterocycles. The Morgan fingerprint density at radius 1 is 1.04 bits per heavy atom. The number of anilines is 1. The maximum atomic E-state index is 13.0. The summed E-state index contributed by atoms with van der Waals surface area (Å²) < 4.78 is 27.0. The maximum Gasteiger partial charge on any atom is 0.299 e. The van der Waals surface area contributed by atoms with E-state index in [9.17, 15) is 8.78 Å². The molecule has 0 saturated heterocycles. The van der Waals surface area contributed by atoms with Gasteiger partial charge in [0.1, 0.15) is 5.82 Å². The number of nitrogens with one attached hydrogen (secondary N) is 1. The molecule has 1 unspecified atom stereocenters. The molecule has 0 bridgehead atoms. The monoisotopic (exact) mass is 331 g/mol. The van der Waals surface area contributed by atoms with Gasteiger partial charge in [0, 0.05) is 0 Å². The van der Waals surface area contributed by atoms with Gasteiger partial charge in [-0.05, 0) is 30.0 Å². The van der Waals surface area contributed by atoms with Crippen LogP contribution in [-0.4, -0.2) is 19.8 Å². The van der Waals surface area contributed by atoms with Gasteiger partial charge in [-0.15, -0.1) is 15.3 Å². The molecule has 1 N–H and O–H groups in total. The summed E-state index contributed by atoms with van der Waals surface area (Å²) in [6.07, 6.45) is -1.82. The average molecular weight is 331 g/mol. The molecular weight excluding hydrogens is 312 g/mol. The first kappa shape index (κ1) is 16.3. The van der Waals surface area contributed by atoms with Crippen molar-refractivity contribution in [2.45, 2.75) is 32.7 Å². The number of alkyl halides is 2. The van der Waals surface area contributed by atoms with E-state index in [0.29, 0.717) is 17.4 Å². The molecule has 0 amide bonds. The van der Waals surface area contributed by atoms with Crippen LogP contribution in [0.25, 0.3) is 5.65 Å². The number of hydrogen-bond acceptors (Lipinski definition) is 4. The van der Waals surface area contributed by atoms with Crippen molar-refractivity contribution >= 4 is 11.5 Å². The summed E-state index contributed by atoms with van der Waals surface area (Å²) >= 11 is 0. The lowest BCUT2D eigenvalue weighted by Crippen LogP contribution is -2.15. The lowest BCUT2D eigenvalue weighted by molar-refractivity contribution is 0.137. The molecule has 0 aliphatic rings. The number of fused-ring (bicyclic) bond motifs is 1. The second kappa shape index (κ2) is 6.90. The van der Waals surface area contributed by atoms with Gasteiger partial charge in [0.05, 0.1) is 6.04 Å². The number of halogens is 2. The predicted molar refractivity (Wildman–Crippen MR) is 88.0 cm³/mol. The molecule has 0 spiro atoms. The van der Waals surface area contributed by atoms with Gasteiger partial charge in [-0.3, -0.25) is 0 Å². The zero-order valence-corrected chi connectivity index (χ0v) is 13.5. The number of aromatic nitrogens is 4. The number of benzene rings is 1. The highest BCUT2D eigenvalue weighted by molar-refractivity contribution is 5.45. The van der Waals surface area contributed by atoms with Crippen molar-refractivity contribution in [3.63, 3.8) is 0 Å². The topological polar surface area (TPSA) is 55.1 Å². The van der Waals surface area contributed by atoms with Crippen molar-refractivity contribution in [1.82, 2.24) is 19.8 Å². The van der Waals surface area contributed by atoms with Crippen LogP contribution >= 0.6 is 0 Å². The summed E-state index contributed by atoms with van der Waals surface area (Å²) in [5, 5.41) is 14.8. The van der Waals surface area contributed by atoms with Crippen LogP contribution in [0.4, 0.5) is 14.6 Å². The number of rotatable bonds is 6. The van der Waals surface area contributed by atoms with Crippen LogP contribution in [0, 0.1) is 5.92 Å². The normalized spacial score (nSPS) is 12.9. The number of nitrogens with zero attached hydrogens (tertiary/aromatic N) is 4. The van der Waals surface area contributed by atoms with Crippen LogP contribution in [0.5, 0.6) is 0 Å². The van der Waals surface area contributed by atoms with Crippen LogP contribution in [0.3, 0.4) is 0 Å². The minimum Gasteiger partial charge on any atom is -0.362 e. The van der Waals surface area contributed by atoms with Crippen molar-refractivity contribution in [3.8, 4) is 0 Å². The Morgan fingerprint density at radius 2 is 1.79 bits per heavy atom. The molecule has 2 aromatic heterocycles. The molecule has 7 heteroatoms. The molecule has 2 heterocycles. The van der Waals surface area contributed by atoms with Crippen LogP contribution in [-0.2, 0) is 0 Å². The molecule has 0 aliphatic carbocycles. The van der Waals surface area contributed by atoms with Gasteiger partial charge >= 0.3 is 0 Å². The van der Waals surface area contributed by atoms with Crippen molar-refractivity contribution in [2.75, 3.05) is 5.32 Å². The fraction of sp³-hybridized carbons (Fsp3) is 0.353. The lowest BCUT2D eigenvalue weighted by atomic mass is 9.97. The largest absolute Gasteiger partial charge is 0.362 e.